The predicted octanol–water partition coefficient (Wildman–Crippen LogP) is 14.9. The molecule has 2 atom stereocenters. The van der Waals surface area contributed by atoms with Crippen LogP contribution < -0.4 is 0 Å². The van der Waals surface area contributed by atoms with E-state index in [-0.39, 0.29) is 10.8 Å². The molecule has 59 heavy (non-hydrogen) atoms. The van der Waals surface area contributed by atoms with Crippen LogP contribution in [0.2, 0.25) is 0 Å². The van der Waals surface area contributed by atoms with Gasteiger partial charge < -0.3 is 9.13 Å². The molecule has 6 aromatic carbocycles. The van der Waals surface area contributed by atoms with Crippen LogP contribution in [-0.4, -0.2) is 18.7 Å². The van der Waals surface area contributed by atoms with Crippen molar-refractivity contribution in [2.24, 2.45) is 0 Å². The predicted molar refractivity (Wildman–Crippen MR) is 250 cm³/mol. The lowest BCUT2D eigenvalue weighted by Crippen LogP contribution is -2.10. The molecule has 0 fully saturated rings. The van der Waals surface area contributed by atoms with E-state index in [9.17, 15) is 0 Å². The number of hydrogen-bond donors (Lipinski definition) is 0. The fourth-order valence-corrected chi connectivity index (χ4v) is 9.25. The molecule has 9 rings (SSSR count). The molecule has 0 aliphatic rings. The molecule has 3 aromatic heterocycles. The van der Waals surface area contributed by atoms with E-state index in [1.54, 1.807) is 0 Å². The monoisotopic (exact) mass is 772 g/mol. The molecule has 0 spiro atoms. The van der Waals surface area contributed by atoms with Crippen molar-refractivity contribution in [3.8, 4) is 28.5 Å². The summed E-state index contributed by atoms with van der Waals surface area (Å²) < 4.78 is 7.17. The third kappa shape index (κ3) is 7.09. The number of nitrogens with zero attached hydrogens (tertiary/aromatic N) is 4. The molecule has 0 radical (unpaired) electrons. The van der Waals surface area contributed by atoms with Crippen LogP contribution in [0, 0.1) is 0 Å². The van der Waals surface area contributed by atoms with Crippen LogP contribution in [0.15, 0.2) is 158 Å². The number of aromatic nitrogens is 4. The number of hydrogen-bond acceptors (Lipinski definition) is 1. The summed E-state index contributed by atoms with van der Waals surface area (Å²) >= 11 is 0. The first-order chi connectivity index (χ1) is 28.4. The van der Waals surface area contributed by atoms with E-state index in [1.807, 2.05) is 0 Å². The maximum absolute atomic E-state index is 5.21. The van der Waals surface area contributed by atoms with Crippen LogP contribution in [0.4, 0.5) is 0 Å². The van der Waals surface area contributed by atoms with Gasteiger partial charge in [0.15, 0.2) is 0 Å². The zero-order chi connectivity index (χ0) is 41.1. The Balaban J connectivity index is 1.15. The number of rotatable bonds is 9. The molecule has 0 bridgehead atoms. The maximum atomic E-state index is 5.21. The Morgan fingerprint density at radius 2 is 1.07 bits per heavy atom. The number of benzene rings is 6. The van der Waals surface area contributed by atoms with Gasteiger partial charge in [-0.05, 0) is 118 Å². The van der Waals surface area contributed by atoms with Crippen LogP contribution in [0.5, 0.6) is 0 Å². The molecule has 4 nitrogen and oxygen atoms in total. The van der Waals surface area contributed by atoms with Crippen LogP contribution in [0.3, 0.4) is 0 Å². The summed E-state index contributed by atoms with van der Waals surface area (Å²) in [5.41, 5.74) is 14.7. The molecule has 0 aliphatic carbocycles. The highest BCUT2D eigenvalue weighted by Crippen LogP contribution is 2.40. The van der Waals surface area contributed by atoms with Gasteiger partial charge in [0.1, 0.15) is 5.82 Å². The molecule has 2 unspecified atom stereocenters. The zero-order valence-electron chi connectivity index (χ0n) is 35.9. The second-order valence-electron chi connectivity index (χ2n) is 18.6. The van der Waals surface area contributed by atoms with Gasteiger partial charge in [-0.3, -0.25) is 4.57 Å². The molecule has 0 aliphatic heterocycles. The number of fused-ring (bicyclic) bond motifs is 3. The summed E-state index contributed by atoms with van der Waals surface area (Å²) in [7, 11) is 0. The van der Waals surface area contributed by atoms with E-state index >= 15 is 0 Å². The van der Waals surface area contributed by atoms with Gasteiger partial charge in [0.2, 0.25) is 0 Å². The van der Waals surface area contributed by atoms with Crippen molar-refractivity contribution in [3.05, 3.63) is 180 Å². The van der Waals surface area contributed by atoms with E-state index in [1.165, 1.54) is 55.4 Å². The Bertz CT molecular complexity index is 2830. The summed E-state index contributed by atoms with van der Waals surface area (Å²) in [5.74, 6) is 1.64. The standard InChI is InChI=1S/C55H56N4/c1-9-38(39-20-19-21-40(31-39)53-56-49-26-15-18-29-52(49)59(53)42-22-11-10-12-23-42)30-37(2)41-32-43(57-35-47(54(3,4)5)45-24-13-16-27-50(45)57)34-44(33-41)58-36-48(55(6,7)8)46-25-14-17-28-51(46)58/h10-29,31-38H,9,30H2,1-8H3. The smallest absolute Gasteiger partial charge is 0.145 e. The van der Waals surface area contributed by atoms with Crippen molar-refractivity contribution in [1.29, 1.82) is 0 Å². The van der Waals surface area contributed by atoms with Gasteiger partial charge in [-0.1, -0.05) is 140 Å². The molecule has 9 aromatic rings. The number of imidazole rings is 1. The van der Waals surface area contributed by atoms with Gasteiger partial charge in [-0.15, -0.1) is 0 Å². The summed E-state index contributed by atoms with van der Waals surface area (Å²) in [6.07, 6.45) is 6.84. The minimum atomic E-state index is 0.00465. The summed E-state index contributed by atoms with van der Waals surface area (Å²) in [4.78, 5) is 5.21. The van der Waals surface area contributed by atoms with Crippen LogP contribution in [0.1, 0.15) is 102 Å². The second-order valence-corrected chi connectivity index (χ2v) is 18.6. The van der Waals surface area contributed by atoms with E-state index in [2.05, 4.69) is 227 Å². The van der Waals surface area contributed by atoms with Crippen molar-refractivity contribution in [3.63, 3.8) is 0 Å². The van der Waals surface area contributed by atoms with Gasteiger partial charge in [-0.25, -0.2) is 4.98 Å². The minimum Gasteiger partial charge on any atom is -0.316 e. The molecule has 0 N–H and O–H groups in total. The van der Waals surface area contributed by atoms with Crippen LogP contribution >= 0.6 is 0 Å². The fraction of sp³-hybridized carbons (Fsp3) is 0.255. The molecule has 3 heterocycles. The Morgan fingerprint density at radius 1 is 0.525 bits per heavy atom. The van der Waals surface area contributed by atoms with E-state index < -0.39 is 0 Å². The normalized spacial score (nSPS) is 13.4. The quantitative estimate of drug-likeness (QED) is 0.144. The topological polar surface area (TPSA) is 27.7 Å². The molecule has 0 amide bonds. The molecular weight excluding hydrogens is 717 g/mol. The third-order valence-electron chi connectivity index (χ3n) is 12.4. The first kappa shape index (κ1) is 38.4. The Kier molecular flexibility index (Phi) is 9.70. The van der Waals surface area contributed by atoms with Crippen LogP contribution in [-0.2, 0) is 10.8 Å². The van der Waals surface area contributed by atoms with Crippen LogP contribution in [0.25, 0.3) is 61.3 Å². The van der Waals surface area contributed by atoms with Crippen molar-refractivity contribution in [2.45, 2.75) is 90.9 Å². The Morgan fingerprint density at radius 3 is 1.64 bits per heavy atom. The SMILES string of the molecule is CCC(CC(C)c1cc(-n2cc(C(C)(C)C)c3ccccc32)cc(-n2cc(C(C)(C)C)c3ccccc32)c1)c1cccc(-c2nc3ccccc3n2-c2ccccc2)c1. The van der Waals surface area contributed by atoms with Gasteiger partial charge in [-0.2, -0.15) is 0 Å². The number of para-hydroxylation sites is 5. The molecule has 296 valence electrons. The van der Waals surface area contributed by atoms with E-state index in [4.69, 9.17) is 4.98 Å². The maximum Gasteiger partial charge on any atom is 0.145 e. The highest BCUT2D eigenvalue weighted by molar-refractivity contribution is 5.89. The summed E-state index contributed by atoms with van der Waals surface area (Å²) in [6.45, 7) is 18.7. The van der Waals surface area contributed by atoms with Gasteiger partial charge >= 0.3 is 0 Å². The van der Waals surface area contributed by atoms with Crippen molar-refractivity contribution in [2.75, 3.05) is 0 Å². The average molecular weight is 773 g/mol. The summed E-state index contributed by atoms with van der Waals surface area (Å²) in [6, 6.07) is 53.3. The fourth-order valence-electron chi connectivity index (χ4n) is 9.25. The largest absolute Gasteiger partial charge is 0.316 e. The minimum absolute atomic E-state index is 0.00465. The van der Waals surface area contributed by atoms with E-state index in [0.717, 1.165) is 41.0 Å². The van der Waals surface area contributed by atoms with E-state index in [0.29, 0.717) is 11.8 Å². The molecule has 4 heteroatoms. The Labute approximate surface area is 349 Å². The van der Waals surface area contributed by atoms with Crippen molar-refractivity contribution >= 4 is 32.8 Å². The van der Waals surface area contributed by atoms with Gasteiger partial charge in [0, 0.05) is 45.8 Å². The first-order valence-corrected chi connectivity index (χ1v) is 21.4. The third-order valence-corrected chi connectivity index (χ3v) is 12.4. The average Bonchev–Trinajstić information content (AvgIpc) is 3.95. The molecule has 0 saturated carbocycles. The summed E-state index contributed by atoms with van der Waals surface area (Å²) in [5, 5.41) is 2.63. The highest BCUT2D eigenvalue weighted by atomic mass is 15.1. The zero-order valence-corrected chi connectivity index (χ0v) is 35.9. The van der Waals surface area contributed by atoms with Crippen molar-refractivity contribution < 1.29 is 0 Å². The molecule has 0 saturated heterocycles. The van der Waals surface area contributed by atoms with Gasteiger partial charge in [0.05, 0.1) is 22.1 Å². The lowest BCUT2D eigenvalue weighted by Gasteiger charge is -2.23. The second kappa shape index (κ2) is 14.9. The lowest BCUT2D eigenvalue weighted by atomic mass is 9.84. The lowest BCUT2D eigenvalue weighted by molar-refractivity contribution is 0.544. The Hall–Kier alpha value is -6.13. The molecular formula is C55H56N4. The van der Waals surface area contributed by atoms with Gasteiger partial charge in [0.25, 0.3) is 0 Å². The van der Waals surface area contributed by atoms with Crippen molar-refractivity contribution in [1.82, 2.24) is 18.7 Å². The first-order valence-electron chi connectivity index (χ1n) is 21.4. The highest BCUT2D eigenvalue weighted by Gasteiger charge is 2.25.